The smallest absolute Gasteiger partial charge is 0.292 e. The van der Waals surface area contributed by atoms with Crippen LogP contribution in [-0.4, -0.2) is 12.0 Å². The third kappa shape index (κ3) is 3.01. The minimum Gasteiger partial charge on any atom is -0.497 e. The lowest BCUT2D eigenvalue weighted by Crippen LogP contribution is -1.97. The zero-order chi connectivity index (χ0) is 13.8. The zero-order valence-corrected chi connectivity index (χ0v) is 10.7. The molecular formula is C14H14N2O3. The van der Waals surface area contributed by atoms with Crippen LogP contribution >= 0.6 is 0 Å². The first-order chi connectivity index (χ1) is 9.10. The lowest BCUT2D eigenvalue weighted by molar-refractivity contribution is -0.383. The lowest BCUT2D eigenvalue weighted by atomic mass is 10.2. The van der Waals surface area contributed by atoms with Crippen LogP contribution in [0, 0.1) is 17.0 Å². The molecule has 2 rings (SSSR count). The van der Waals surface area contributed by atoms with Crippen molar-refractivity contribution in [3.63, 3.8) is 0 Å². The van der Waals surface area contributed by atoms with Gasteiger partial charge in [-0.25, -0.2) is 0 Å². The van der Waals surface area contributed by atoms with Gasteiger partial charge >= 0.3 is 0 Å². The zero-order valence-electron chi connectivity index (χ0n) is 10.7. The van der Waals surface area contributed by atoms with Gasteiger partial charge < -0.3 is 10.1 Å². The highest BCUT2D eigenvalue weighted by atomic mass is 16.6. The summed E-state index contributed by atoms with van der Waals surface area (Å²) in [7, 11) is 1.52. The molecule has 0 aliphatic rings. The Bertz CT molecular complexity index is 594. The molecular weight excluding hydrogens is 244 g/mol. The number of benzene rings is 2. The van der Waals surface area contributed by atoms with E-state index in [1.807, 2.05) is 31.2 Å². The molecule has 0 aromatic heterocycles. The van der Waals surface area contributed by atoms with E-state index in [1.165, 1.54) is 13.2 Å². The molecule has 0 amide bonds. The maximum atomic E-state index is 11.0. The summed E-state index contributed by atoms with van der Waals surface area (Å²) in [5, 5.41) is 14.0. The van der Waals surface area contributed by atoms with Crippen molar-refractivity contribution in [1.82, 2.24) is 0 Å². The van der Waals surface area contributed by atoms with E-state index in [-0.39, 0.29) is 5.69 Å². The predicted molar refractivity (Wildman–Crippen MR) is 74.1 cm³/mol. The second-order valence-corrected chi connectivity index (χ2v) is 4.13. The molecule has 1 N–H and O–H groups in total. The normalized spacial score (nSPS) is 10.0. The number of nitrogens with one attached hydrogen (secondary N) is 1. The molecule has 0 bridgehead atoms. The Morgan fingerprint density at radius 2 is 1.84 bits per heavy atom. The Kier molecular flexibility index (Phi) is 3.66. The first-order valence-corrected chi connectivity index (χ1v) is 5.76. The largest absolute Gasteiger partial charge is 0.497 e. The van der Waals surface area contributed by atoms with Gasteiger partial charge in [0.15, 0.2) is 0 Å². The molecule has 0 fully saturated rings. The third-order valence-corrected chi connectivity index (χ3v) is 2.73. The molecule has 0 unspecified atom stereocenters. The Morgan fingerprint density at radius 1 is 1.16 bits per heavy atom. The van der Waals surface area contributed by atoms with Crippen LogP contribution in [0.1, 0.15) is 5.56 Å². The second kappa shape index (κ2) is 5.39. The number of anilines is 2. The summed E-state index contributed by atoms with van der Waals surface area (Å²) < 4.78 is 5.08. The Morgan fingerprint density at radius 3 is 2.42 bits per heavy atom. The van der Waals surface area contributed by atoms with Crippen molar-refractivity contribution in [3.8, 4) is 5.75 Å². The molecule has 0 atom stereocenters. The minimum absolute atomic E-state index is 0.0152. The van der Waals surface area contributed by atoms with Gasteiger partial charge in [0.25, 0.3) is 5.69 Å². The number of nitro groups is 1. The molecule has 0 radical (unpaired) electrons. The van der Waals surface area contributed by atoms with Crippen LogP contribution in [0.5, 0.6) is 5.75 Å². The van der Waals surface area contributed by atoms with Crippen molar-refractivity contribution in [2.45, 2.75) is 6.92 Å². The summed E-state index contributed by atoms with van der Waals surface area (Å²) in [6.07, 6.45) is 0. The van der Waals surface area contributed by atoms with Gasteiger partial charge in [-0.2, -0.15) is 0 Å². The number of rotatable bonds is 4. The van der Waals surface area contributed by atoms with E-state index >= 15 is 0 Å². The van der Waals surface area contributed by atoms with E-state index in [1.54, 1.807) is 12.1 Å². The molecule has 19 heavy (non-hydrogen) atoms. The van der Waals surface area contributed by atoms with Gasteiger partial charge in [-0.05, 0) is 25.1 Å². The topological polar surface area (TPSA) is 64.4 Å². The van der Waals surface area contributed by atoms with Crippen LogP contribution in [-0.2, 0) is 0 Å². The highest BCUT2D eigenvalue weighted by molar-refractivity contribution is 5.71. The fourth-order valence-corrected chi connectivity index (χ4v) is 1.69. The van der Waals surface area contributed by atoms with Crippen molar-refractivity contribution in [3.05, 3.63) is 58.1 Å². The summed E-state index contributed by atoms with van der Waals surface area (Å²) in [4.78, 5) is 10.6. The van der Waals surface area contributed by atoms with Crippen LogP contribution < -0.4 is 10.1 Å². The van der Waals surface area contributed by atoms with Crippen LogP contribution in [0.3, 0.4) is 0 Å². The Labute approximate surface area is 111 Å². The van der Waals surface area contributed by atoms with E-state index in [2.05, 4.69) is 5.32 Å². The number of aryl methyl sites for hydroxylation is 1. The van der Waals surface area contributed by atoms with E-state index in [4.69, 9.17) is 4.74 Å². The van der Waals surface area contributed by atoms with E-state index < -0.39 is 4.92 Å². The molecule has 0 saturated heterocycles. The molecule has 0 spiro atoms. The Hall–Kier alpha value is -2.56. The van der Waals surface area contributed by atoms with Crippen molar-refractivity contribution in [2.24, 2.45) is 0 Å². The van der Waals surface area contributed by atoms with Gasteiger partial charge in [-0.3, -0.25) is 10.1 Å². The summed E-state index contributed by atoms with van der Waals surface area (Å²) in [6.45, 7) is 1.98. The summed E-state index contributed by atoms with van der Waals surface area (Å²) >= 11 is 0. The number of hydrogen-bond donors (Lipinski definition) is 1. The van der Waals surface area contributed by atoms with Crippen molar-refractivity contribution >= 4 is 17.1 Å². The fraction of sp³-hybridized carbons (Fsp3) is 0.143. The van der Waals surface area contributed by atoms with Gasteiger partial charge in [0.05, 0.1) is 12.0 Å². The number of hydrogen-bond acceptors (Lipinski definition) is 4. The molecule has 98 valence electrons. The Balaban J connectivity index is 2.36. The molecule has 5 nitrogen and oxygen atoms in total. The van der Waals surface area contributed by atoms with Crippen molar-refractivity contribution in [2.75, 3.05) is 12.4 Å². The molecule has 0 heterocycles. The maximum Gasteiger partial charge on any atom is 0.292 e. The monoisotopic (exact) mass is 258 g/mol. The molecule has 5 heteroatoms. The van der Waals surface area contributed by atoms with Gasteiger partial charge in [-0.15, -0.1) is 0 Å². The second-order valence-electron chi connectivity index (χ2n) is 4.13. The van der Waals surface area contributed by atoms with Gasteiger partial charge in [0, 0.05) is 17.8 Å². The first kappa shape index (κ1) is 12.9. The standard InChI is InChI=1S/C14H14N2O3/c1-10-3-5-11(6-4-10)15-13-9-12(19-2)7-8-14(13)16(17)18/h3-9,15H,1-2H3. The van der Waals surface area contributed by atoms with Gasteiger partial charge in [-0.1, -0.05) is 17.7 Å². The maximum absolute atomic E-state index is 11.0. The number of ether oxygens (including phenoxy) is 1. The van der Waals surface area contributed by atoms with Gasteiger partial charge in [0.1, 0.15) is 11.4 Å². The van der Waals surface area contributed by atoms with Crippen LogP contribution in [0.15, 0.2) is 42.5 Å². The summed E-state index contributed by atoms with van der Waals surface area (Å²) in [5.74, 6) is 0.570. The van der Waals surface area contributed by atoms with E-state index in [9.17, 15) is 10.1 Å². The third-order valence-electron chi connectivity index (χ3n) is 2.73. The minimum atomic E-state index is -0.421. The van der Waals surface area contributed by atoms with E-state index in [0.717, 1.165) is 11.3 Å². The SMILES string of the molecule is COc1ccc([N+](=O)[O-])c(Nc2ccc(C)cc2)c1. The van der Waals surface area contributed by atoms with Gasteiger partial charge in [0.2, 0.25) is 0 Å². The average molecular weight is 258 g/mol. The predicted octanol–water partition coefficient (Wildman–Crippen LogP) is 3.66. The lowest BCUT2D eigenvalue weighted by Gasteiger charge is -2.09. The quantitative estimate of drug-likeness (QED) is 0.671. The highest BCUT2D eigenvalue weighted by Crippen LogP contribution is 2.31. The molecule has 0 saturated carbocycles. The number of nitro benzene ring substituents is 1. The molecule has 0 aliphatic heterocycles. The summed E-state index contributed by atoms with van der Waals surface area (Å²) in [6, 6.07) is 12.2. The number of methoxy groups -OCH3 is 1. The van der Waals surface area contributed by atoms with Crippen molar-refractivity contribution < 1.29 is 9.66 Å². The van der Waals surface area contributed by atoms with Crippen LogP contribution in [0.25, 0.3) is 0 Å². The first-order valence-electron chi connectivity index (χ1n) is 5.76. The molecule has 2 aromatic rings. The molecule has 0 aliphatic carbocycles. The van der Waals surface area contributed by atoms with E-state index in [0.29, 0.717) is 11.4 Å². The highest BCUT2D eigenvalue weighted by Gasteiger charge is 2.14. The molecule has 2 aromatic carbocycles. The van der Waals surface area contributed by atoms with Crippen molar-refractivity contribution in [1.29, 1.82) is 0 Å². The summed E-state index contributed by atoms with van der Waals surface area (Å²) in [5.41, 5.74) is 2.35. The fourth-order valence-electron chi connectivity index (χ4n) is 1.69. The van der Waals surface area contributed by atoms with Crippen LogP contribution in [0.2, 0.25) is 0 Å². The average Bonchev–Trinajstić information content (AvgIpc) is 2.41. The van der Waals surface area contributed by atoms with Crippen LogP contribution in [0.4, 0.5) is 17.1 Å². The number of nitrogens with zero attached hydrogens (tertiary/aromatic N) is 1.